The zero-order chi connectivity index (χ0) is 21.1. The monoisotopic (exact) mass is 443 g/mol. The molecule has 12 heteroatoms. The van der Waals surface area contributed by atoms with Crippen molar-refractivity contribution in [1.82, 2.24) is 36.0 Å². The third kappa shape index (κ3) is 3.91. The normalized spacial score (nSPS) is 18.5. The van der Waals surface area contributed by atoms with E-state index in [0.29, 0.717) is 22.3 Å². The molecule has 0 saturated carbocycles. The summed E-state index contributed by atoms with van der Waals surface area (Å²) >= 11 is 2.70. The molecule has 0 radical (unpaired) electrons. The molecule has 3 aromatic rings. The van der Waals surface area contributed by atoms with Crippen LogP contribution in [0.15, 0.2) is 53.0 Å². The minimum Gasteiger partial charge on any atom is -0.318 e. The van der Waals surface area contributed by atoms with Crippen molar-refractivity contribution >= 4 is 40.9 Å². The molecule has 3 heterocycles. The summed E-state index contributed by atoms with van der Waals surface area (Å²) in [5.74, 6) is -1.14. The van der Waals surface area contributed by atoms with Gasteiger partial charge < -0.3 is 5.32 Å². The molecule has 10 nitrogen and oxygen atoms in total. The molecule has 1 aliphatic heterocycles. The van der Waals surface area contributed by atoms with Gasteiger partial charge in [0.1, 0.15) is 5.54 Å². The topological polar surface area (TPSA) is 122 Å². The highest BCUT2D eigenvalue weighted by molar-refractivity contribution is 7.99. The van der Waals surface area contributed by atoms with E-state index in [-0.39, 0.29) is 5.75 Å². The number of hydrogen-bond acceptors (Lipinski definition) is 8. The maximum absolute atomic E-state index is 12.8. The van der Waals surface area contributed by atoms with Gasteiger partial charge in [0.05, 0.1) is 12.3 Å². The molecule has 4 amide bonds. The summed E-state index contributed by atoms with van der Waals surface area (Å²) in [6.07, 6.45) is 0. The van der Waals surface area contributed by atoms with E-state index in [4.69, 9.17) is 0 Å². The highest BCUT2D eigenvalue weighted by Crippen LogP contribution is 2.27. The van der Waals surface area contributed by atoms with E-state index in [1.54, 1.807) is 47.2 Å². The lowest BCUT2D eigenvalue weighted by atomic mass is 9.92. The van der Waals surface area contributed by atoms with Crippen LogP contribution in [0.1, 0.15) is 17.4 Å². The number of carbonyl (C=O) groups excluding carboxylic acids is 3. The molecule has 0 aliphatic carbocycles. The second kappa shape index (κ2) is 8.24. The van der Waals surface area contributed by atoms with Crippen LogP contribution >= 0.6 is 23.1 Å². The van der Waals surface area contributed by atoms with Gasteiger partial charge in [-0.05, 0) is 34.4 Å². The predicted octanol–water partition coefficient (Wildman–Crippen LogP) is 1.37. The minimum atomic E-state index is -1.25. The number of urea groups is 1. The van der Waals surface area contributed by atoms with Gasteiger partial charge in [0, 0.05) is 4.88 Å². The Hall–Kier alpha value is -3.25. The first-order chi connectivity index (χ1) is 14.5. The van der Waals surface area contributed by atoms with Gasteiger partial charge in [-0.3, -0.25) is 15.0 Å². The molecule has 2 aromatic heterocycles. The molecule has 1 aliphatic rings. The van der Waals surface area contributed by atoms with Gasteiger partial charge >= 0.3 is 6.03 Å². The summed E-state index contributed by atoms with van der Waals surface area (Å²) in [6.45, 7) is 2.10. The molecular formula is C18H17N7O3S2. The van der Waals surface area contributed by atoms with Crippen LogP contribution in [0.4, 0.5) is 4.79 Å². The molecule has 1 saturated heterocycles. The molecule has 30 heavy (non-hydrogen) atoms. The lowest BCUT2D eigenvalue weighted by Gasteiger charge is -2.22. The second-order valence-electron chi connectivity index (χ2n) is 6.58. The highest BCUT2D eigenvalue weighted by Gasteiger charge is 2.49. The number of amides is 4. The summed E-state index contributed by atoms with van der Waals surface area (Å²) in [5.41, 5.74) is 1.75. The van der Waals surface area contributed by atoms with E-state index >= 15 is 0 Å². The largest absolute Gasteiger partial charge is 0.344 e. The first-order valence-electron chi connectivity index (χ1n) is 8.90. The van der Waals surface area contributed by atoms with E-state index in [2.05, 4.69) is 26.3 Å². The maximum Gasteiger partial charge on any atom is 0.344 e. The summed E-state index contributed by atoms with van der Waals surface area (Å²) in [7, 11) is 0. The van der Waals surface area contributed by atoms with Crippen LogP contribution in [0.3, 0.4) is 0 Å². The number of thiophene rings is 1. The Morgan fingerprint density at radius 3 is 2.77 bits per heavy atom. The number of hydrogen-bond donors (Lipinski definition) is 2. The third-order valence-electron chi connectivity index (χ3n) is 4.50. The first-order valence-corrected chi connectivity index (χ1v) is 10.8. The Labute approximate surface area is 179 Å². The second-order valence-corrected chi connectivity index (χ2v) is 8.56. The molecule has 1 atom stereocenters. The average molecular weight is 444 g/mol. The summed E-state index contributed by atoms with van der Waals surface area (Å²) in [5, 5.41) is 17.3. The number of benzene rings is 1. The highest BCUT2D eigenvalue weighted by atomic mass is 32.2. The molecule has 0 bridgehead atoms. The Kier molecular flexibility index (Phi) is 5.50. The molecular weight excluding hydrogens is 426 g/mol. The van der Waals surface area contributed by atoms with Crippen molar-refractivity contribution in [2.75, 3.05) is 5.75 Å². The molecule has 154 valence electrons. The van der Waals surface area contributed by atoms with Gasteiger partial charge in [-0.15, -0.1) is 16.4 Å². The van der Waals surface area contributed by atoms with Crippen LogP contribution in [-0.2, 0) is 21.7 Å². The van der Waals surface area contributed by atoms with Gasteiger partial charge in [0.25, 0.3) is 5.91 Å². The molecule has 1 fully saturated rings. The Morgan fingerprint density at radius 2 is 2.03 bits per heavy atom. The summed E-state index contributed by atoms with van der Waals surface area (Å²) in [4.78, 5) is 38.6. The zero-order valence-corrected chi connectivity index (χ0v) is 17.4. The van der Waals surface area contributed by atoms with E-state index in [0.717, 1.165) is 16.6 Å². The number of aromatic nitrogens is 4. The van der Waals surface area contributed by atoms with Crippen LogP contribution in [0.5, 0.6) is 0 Å². The van der Waals surface area contributed by atoms with E-state index in [1.165, 1.54) is 0 Å². The lowest BCUT2D eigenvalue weighted by molar-refractivity contribution is -0.138. The fourth-order valence-corrected chi connectivity index (χ4v) is 4.30. The SMILES string of the molecule is C[C@]1(c2ccccc2)NC(=O)N(NC(=O)CSc2nnnn2Cc2cccs2)C1=O. The number of hydrazine groups is 1. The van der Waals surface area contributed by atoms with Crippen molar-refractivity contribution < 1.29 is 14.4 Å². The molecule has 0 unspecified atom stereocenters. The number of nitrogens with one attached hydrogen (secondary N) is 2. The maximum atomic E-state index is 12.8. The summed E-state index contributed by atoms with van der Waals surface area (Å²) < 4.78 is 1.59. The van der Waals surface area contributed by atoms with Crippen molar-refractivity contribution in [2.45, 2.75) is 24.2 Å². The fourth-order valence-electron chi connectivity index (χ4n) is 2.94. The quantitative estimate of drug-likeness (QED) is 0.418. The fraction of sp³-hybridized carbons (Fsp3) is 0.222. The van der Waals surface area contributed by atoms with Crippen molar-refractivity contribution in [3.63, 3.8) is 0 Å². The number of rotatable bonds is 7. The standard InChI is InChI=1S/C18H17N7O3S2/c1-18(12-6-3-2-4-7-12)15(27)25(16(28)19-18)21-14(26)11-30-17-20-22-23-24(17)10-13-8-5-9-29-13/h2-9H,10-11H2,1H3,(H,19,28)(H,21,26)/t18-/m1/s1. The number of nitrogens with zero attached hydrogens (tertiary/aromatic N) is 5. The van der Waals surface area contributed by atoms with Crippen LogP contribution in [-0.4, -0.2) is 48.8 Å². The van der Waals surface area contributed by atoms with Crippen LogP contribution in [0, 0.1) is 0 Å². The number of imide groups is 1. The van der Waals surface area contributed by atoms with Gasteiger partial charge in [-0.1, -0.05) is 48.2 Å². The van der Waals surface area contributed by atoms with Crippen molar-refractivity contribution in [3.05, 3.63) is 58.3 Å². The van der Waals surface area contributed by atoms with Gasteiger partial charge in [0.2, 0.25) is 11.1 Å². The van der Waals surface area contributed by atoms with Crippen molar-refractivity contribution in [1.29, 1.82) is 0 Å². The first kappa shape index (κ1) is 20.0. The molecule has 0 spiro atoms. The summed E-state index contributed by atoms with van der Waals surface area (Å²) in [6, 6.07) is 12.1. The Balaban J connectivity index is 1.37. The van der Waals surface area contributed by atoms with Gasteiger partial charge in [-0.25, -0.2) is 9.48 Å². The molecule has 2 N–H and O–H groups in total. The number of tetrazole rings is 1. The van der Waals surface area contributed by atoms with E-state index in [1.807, 2.05) is 23.6 Å². The zero-order valence-electron chi connectivity index (χ0n) is 15.8. The average Bonchev–Trinajstić information content (AvgIpc) is 3.46. The van der Waals surface area contributed by atoms with Gasteiger partial charge in [0.15, 0.2) is 0 Å². The number of carbonyl (C=O) groups is 3. The Morgan fingerprint density at radius 1 is 1.23 bits per heavy atom. The molecule has 1 aromatic carbocycles. The number of thioether (sulfide) groups is 1. The third-order valence-corrected chi connectivity index (χ3v) is 6.31. The minimum absolute atomic E-state index is 0.0656. The predicted molar refractivity (Wildman–Crippen MR) is 109 cm³/mol. The lowest BCUT2D eigenvalue weighted by Crippen LogP contribution is -2.48. The van der Waals surface area contributed by atoms with Gasteiger partial charge in [-0.2, -0.15) is 5.01 Å². The van der Waals surface area contributed by atoms with Crippen LogP contribution < -0.4 is 10.7 Å². The van der Waals surface area contributed by atoms with E-state index < -0.39 is 23.4 Å². The Bertz CT molecular complexity index is 1070. The van der Waals surface area contributed by atoms with Crippen LogP contribution in [0.2, 0.25) is 0 Å². The smallest absolute Gasteiger partial charge is 0.318 e. The molecule has 4 rings (SSSR count). The van der Waals surface area contributed by atoms with Crippen LogP contribution in [0.25, 0.3) is 0 Å². The van der Waals surface area contributed by atoms with E-state index in [9.17, 15) is 14.4 Å². The van der Waals surface area contributed by atoms with Crippen molar-refractivity contribution in [3.8, 4) is 0 Å². The van der Waals surface area contributed by atoms with Crippen molar-refractivity contribution in [2.24, 2.45) is 0 Å².